The quantitative estimate of drug-likeness (QED) is 0.885. The molecule has 2 fully saturated rings. The first-order valence-electron chi connectivity index (χ1n) is 7.37. The van der Waals surface area contributed by atoms with Gasteiger partial charge in [0.2, 0.25) is 0 Å². The molecule has 6 nitrogen and oxygen atoms in total. The standard InChI is InChI=1S/C14H21N5O/c1-10-3-2-8-19(9-10)13-7-6-12(17-18-13)16-14(20)15-11-4-5-11/h6-7,10-11H,2-5,8-9H2,1H3,(H2,15,16,17,20). The second-order valence-electron chi connectivity index (χ2n) is 5.84. The minimum absolute atomic E-state index is 0.193. The first-order valence-corrected chi connectivity index (χ1v) is 7.37. The predicted molar refractivity (Wildman–Crippen MR) is 77.8 cm³/mol. The third-order valence-electron chi connectivity index (χ3n) is 3.79. The van der Waals surface area contributed by atoms with Gasteiger partial charge in [-0.15, -0.1) is 10.2 Å². The Morgan fingerprint density at radius 1 is 1.30 bits per heavy atom. The van der Waals surface area contributed by atoms with Crippen LogP contribution in [0.15, 0.2) is 12.1 Å². The van der Waals surface area contributed by atoms with Crippen LogP contribution in [0.1, 0.15) is 32.6 Å². The van der Waals surface area contributed by atoms with E-state index in [1.807, 2.05) is 12.1 Å². The molecule has 1 aliphatic carbocycles. The number of nitrogens with zero attached hydrogens (tertiary/aromatic N) is 3. The van der Waals surface area contributed by atoms with Gasteiger partial charge >= 0.3 is 6.03 Å². The first kappa shape index (κ1) is 13.1. The fraction of sp³-hybridized carbons (Fsp3) is 0.643. The largest absolute Gasteiger partial charge is 0.355 e. The van der Waals surface area contributed by atoms with E-state index in [4.69, 9.17) is 0 Å². The van der Waals surface area contributed by atoms with Gasteiger partial charge in [-0.1, -0.05) is 6.92 Å². The Bertz CT molecular complexity index is 471. The molecule has 1 atom stereocenters. The van der Waals surface area contributed by atoms with Crippen molar-refractivity contribution in [2.24, 2.45) is 5.92 Å². The summed E-state index contributed by atoms with van der Waals surface area (Å²) < 4.78 is 0. The van der Waals surface area contributed by atoms with Crippen LogP contribution in [0, 0.1) is 5.92 Å². The number of hydrogen-bond donors (Lipinski definition) is 2. The molecule has 1 aliphatic heterocycles. The highest BCUT2D eigenvalue weighted by Gasteiger charge is 2.23. The molecule has 2 amide bonds. The Morgan fingerprint density at radius 3 is 2.80 bits per heavy atom. The highest BCUT2D eigenvalue weighted by molar-refractivity contribution is 5.88. The lowest BCUT2D eigenvalue weighted by atomic mass is 10.0. The summed E-state index contributed by atoms with van der Waals surface area (Å²) in [6, 6.07) is 3.89. The van der Waals surface area contributed by atoms with Crippen LogP contribution in [0.25, 0.3) is 0 Å². The van der Waals surface area contributed by atoms with Crippen LogP contribution in [0.5, 0.6) is 0 Å². The number of nitrogens with one attached hydrogen (secondary N) is 2. The molecule has 0 spiro atoms. The van der Waals surface area contributed by atoms with Crippen molar-refractivity contribution in [2.45, 2.75) is 38.6 Å². The summed E-state index contributed by atoms with van der Waals surface area (Å²) >= 11 is 0. The van der Waals surface area contributed by atoms with Crippen molar-refractivity contribution in [1.29, 1.82) is 0 Å². The maximum Gasteiger partial charge on any atom is 0.320 e. The van der Waals surface area contributed by atoms with Gasteiger partial charge in [0, 0.05) is 19.1 Å². The van der Waals surface area contributed by atoms with Gasteiger partial charge in [0.05, 0.1) is 0 Å². The average Bonchev–Trinajstić information content (AvgIpc) is 3.23. The summed E-state index contributed by atoms with van der Waals surface area (Å²) in [5.74, 6) is 2.09. The highest BCUT2D eigenvalue weighted by atomic mass is 16.2. The van der Waals surface area contributed by atoms with Crippen LogP contribution in [0.2, 0.25) is 0 Å². The van der Waals surface area contributed by atoms with E-state index in [1.165, 1.54) is 12.8 Å². The van der Waals surface area contributed by atoms with Gasteiger partial charge in [-0.3, -0.25) is 5.32 Å². The monoisotopic (exact) mass is 275 g/mol. The van der Waals surface area contributed by atoms with E-state index in [9.17, 15) is 4.79 Å². The molecule has 3 rings (SSSR count). The van der Waals surface area contributed by atoms with Crippen LogP contribution >= 0.6 is 0 Å². The molecule has 1 aromatic heterocycles. The Balaban J connectivity index is 1.57. The topological polar surface area (TPSA) is 70.2 Å². The minimum Gasteiger partial charge on any atom is -0.355 e. The van der Waals surface area contributed by atoms with Gasteiger partial charge in [0.25, 0.3) is 0 Å². The number of anilines is 2. The smallest absolute Gasteiger partial charge is 0.320 e. The molecule has 2 heterocycles. The van der Waals surface area contributed by atoms with Crippen LogP contribution in [-0.2, 0) is 0 Å². The van der Waals surface area contributed by atoms with Crippen molar-refractivity contribution in [3.63, 3.8) is 0 Å². The minimum atomic E-state index is -0.193. The Kier molecular flexibility index (Phi) is 3.71. The van der Waals surface area contributed by atoms with E-state index >= 15 is 0 Å². The number of piperidine rings is 1. The van der Waals surface area contributed by atoms with Crippen molar-refractivity contribution < 1.29 is 4.79 Å². The molecule has 1 unspecified atom stereocenters. The summed E-state index contributed by atoms with van der Waals surface area (Å²) in [6.45, 7) is 4.33. The third-order valence-corrected chi connectivity index (χ3v) is 3.79. The molecule has 2 N–H and O–H groups in total. The van der Waals surface area contributed by atoms with Crippen molar-refractivity contribution in [1.82, 2.24) is 15.5 Å². The van der Waals surface area contributed by atoms with Crippen molar-refractivity contribution in [3.8, 4) is 0 Å². The second-order valence-corrected chi connectivity index (χ2v) is 5.84. The Morgan fingerprint density at radius 2 is 2.15 bits per heavy atom. The fourth-order valence-electron chi connectivity index (χ4n) is 2.52. The summed E-state index contributed by atoms with van der Waals surface area (Å²) in [4.78, 5) is 13.9. The van der Waals surface area contributed by atoms with Crippen molar-refractivity contribution >= 4 is 17.7 Å². The molecule has 1 aromatic rings. The summed E-state index contributed by atoms with van der Waals surface area (Å²) in [7, 11) is 0. The normalized spacial score (nSPS) is 22.4. The molecule has 0 aromatic carbocycles. The van der Waals surface area contributed by atoms with Gasteiger partial charge in [-0.2, -0.15) is 0 Å². The number of carbonyl (C=O) groups excluding carboxylic acids is 1. The summed E-state index contributed by atoms with van der Waals surface area (Å²) in [6.07, 6.45) is 4.63. The second kappa shape index (κ2) is 5.64. The molecule has 2 aliphatic rings. The van der Waals surface area contributed by atoms with Crippen molar-refractivity contribution in [3.05, 3.63) is 12.1 Å². The van der Waals surface area contributed by atoms with E-state index in [1.54, 1.807) is 0 Å². The van der Waals surface area contributed by atoms with Gasteiger partial charge in [-0.05, 0) is 43.7 Å². The van der Waals surface area contributed by atoms with Gasteiger partial charge in [0.15, 0.2) is 11.6 Å². The van der Waals surface area contributed by atoms with E-state index in [0.29, 0.717) is 17.8 Å². The molecular weight excluding hydrogens is 254 g/mol. The molecule has 108 valence electrons. The lowest BCUT2D eigenvalue weighted by molar-refractivity contribution is 0.251. The molecule has 6 heteroatoms. The van der Waals surface area contributed by atoms with E-state index in [-0.39, 0.29) is 6.03 Å². The Labute approximate surface area is 118 Å². The lowest BCUT2D eigenvalue weighted by Crippen LogP contribution is -2.35. The lowest BCUT2D eigenvalue weighted by Gasteiger charge is -2.31. The molecular formula is C14H21N5O. The predicted octanol–water partition coefficient (Wildman–Crippen LogP) is 2.00. The zero-order chi connectivity index (χ0) is 13.9. The van der Waals surface area contributed by atoms with Crippen LogP contribution in [0.3, 0.4) is 0 Å². The number of urea groups is 1. The fourth-order valence-corrected chi connectivity index (χ4v) is 2.52. The molecule has 1 saturated heterocycles. The zero-order valence-electron chi connectivity index (χ0n) is 11.8. The van der Waals surface area contributed by atoms with E-state index in [2.05, 4.69) is 32.7 Å². The maximum absolute atomic E-state index is 11.6. The van der Waals surface area contributed by atoms with Crippen LogP contribution in [-0.4, -0.2) is 35.4 Å². The average molecular weight is 275 g/mol. The van der Waals surface area contributed by atoms with E-state index in [0.717, 1.165) is 31.7 Å². The number of aromatic nitrogens is 2. The number of hydrogen-bond acceptors (Lipinski definition) is 4. The Hall–Kier alpha value is -1.85. The molecule has 20 heavy (non-hydrogen) atoms. The summed E-state index contributed by atoms with van der Waals surface area (Å²) in [5.41, 5.74) is 0. The third kappa shape index (κ3) is 3.37. The maximum atomic E-state index is 11.6. The van der Waals surface area contributed by atoms with Crippen LogP contribution < -0.4 is 15.5 Å². The van der Waals surface area contributed by atoms with Gasteiger partial charge in [0.1, 0.15) is 0 Å². The SMILES string of the molecule is CC1CCCN(c2ccc(NC(=O)NC3CC3)nn2)C1. The van der Waals surface area contributed by atoms with Crippen LogP contribution in [0.4, 0.5) is 16.4 Å². The molecule has 0 bridgehead atoms. The number of carbonyl (C=O) groups is 1. The highest BCUT2D eigenvalue weighted by Crippen LogP contribution is 2.21. The molecule has 0 radical (unpaired) electrons. The van der Waals surface area contributed by atoms with Gasteiger partial charge < -0.3 is 10.2 Å². The zero-order valence-corrected chi connectivity index (χ0v) is 11.8. The van der Waals surface area contributed by atoms with Crippen molar-refractivity contribution in [2.75, 3.05) is 23.3 Å². The van der Waals surface area contributed by atoms with Gasteiger partial charge in [-0.25, -0.2) is 4.79 Å². The van der Waals surface area contributed by atoms with E-state index < -0.39 is 0 Å². The first-order chi connectivity index (χ1) is 9.70. The number of amides is 2. The number of rotatable bonds is 3. The molecule has 1 saturated carbocycles. The summed E-state index contributed by atoms with van der Waals surface area (Å²) in [5, 5.41) is 13.9.